The highest BCUT2D eigenvalue weighted by atomic mass is 79.9. The summed E-state index contributed by atoms with van der Waals surface area (Å²) in [5, 5.41) is 6.13. The number of hydrogen-bond donors (Lipinski definition) is 2. The Bertz CT molecular complexity index is 478. The van der Waals surface area contributed by atoms with Crippen LogP contribution in [0, 0.1) is 6.92 Å². The highest BCUT2D eigenvalue weighted by molar-refractivity contribution is 9.10. The van der Waals surface area contributed by atoms with Crippen LogP contribution in [0.25, 0.3) is 0 Å². The van der Waals surface area contributed by atoms with Crippen molar-refractivity contribution in [3.63, 3.8) is 0 Å². The van der Waals surface area contributed by atoms with E-state index in [4.69, 9.17) is 16.3 Å². The average Bonchev–Trinajstić information content (AvgIpc) is 2.31. The second kappa shape index (κ2) is 6.59. The Morgan fingerprint density at radius 3 is 2.89 bits per heavy atom. The predicted octanol–water partition coefficient (Wildman–Crippen LogP) is 3.14. The number of anilines is 2. The van der Waals surface area contributed by atoms with E-state index in [1.807, 2.05) is 19.1 Å². The molecule has 1 unspecified atom stereocenters. The number of alkyl halides is 1. The van der Waals surface area contributed by atoms with E-state index in [1.165, 1.54) is 0 Å². The van der Waals surface area contributed by atoms with Gasteiger partial charge in [-0.15, -0.1) is 11.6 Å². The van der Waals surface area contributed by atoms with Crippen LogP contribution in [-0.2, 0) is 9.53 Å². The first-order valence-electron chi connectivity index (χ1n) is 6.11. The lowest BCUT2D eigenvalue weighted by Gasteiger charge is -2.27. The van der Waals surface area contributed by atoms with Gasteiger partial charge in [0.15, 0.2) is 0 Å². The van der Waals surface area contributed by atoms with Crippen molar-refractivity contribution in [3.05, 3.63) is 22.2 Å². The molecule has 0 aromatic heterocycles. The number of carbonyl (C=O) groups excluding carboxylic acids is 1. The van der Waals surface area contributed by atoms with Crippen molar-refractivity contribution in [3.8, 4) is 0 Å². The molecule has 4 nitrogen and oxygen atoms in total. The summed E-state index contributed by atoms with van der Waals surface area (Å²) in [5.74, 6) is -0.268. The lowest BCUT2D eigenvalue weighted by Crippen LogP contribution is -2.33. The molecule has 19 heavy (non-hydrogen) atoms. The van der Waals surface area contributed by atoms with Gasteiger partial charge in [0.05, 0.1) is 17.5 Å². The van der Waals surface area contributed by atoms with E-state index in [1.54, 1.807) is 0 Å². The number of ether oxygens (including phenoxy) is 1. The minimum absolute atomic E-state index is 0.0549. The fraction of sp³-hybridized carbons (Fsp3) is 0.462. The van der Waals surface area contributed by atoms with Crippen LogP contribution in [0.1, 0.15) is 12.0 Å². The van der Waals surface area contributed by atoms with Gasteiger partial charge in [-0.25, -0.2) is 0 Å². The number of amides is 1. The Morgan fingerprint density at radius 2 is 2.32 bits per heavy atom. The van der Waals surface area contributed by atoms with Gasteiger partial charge >= 0.3 is 0 Å². The maximum absolute atomic E-state index is 11.5. The molecule has 2 N–H and O–H groups in total. The molecule has 104 valence electrons. The molecule has 1 aliphatic heterocycles. The molecule has 6 heteroatoms. The fourth-order valence-electron chi connectivity index (χ4n) is 1.89. The van der Waals surface area contributed by atoms with Crippen LogP contribution in [0.4, 0.5) is 11.4 Å². The average molecular weight is 348 g/mol. The molecule has 0 aliphatic carbocycles. The predicted molar refractivity (Wildman–Crippen MR) is 81.1 cm³/mol. The summed E-state index contributed by atoms with van der Waals surface area (Å²) >= 11 is 8.99. The van der Waals surface area contributed by atoms with Gasteiger partial charge in [0, 0.05) is 17.6 Å². The van der Waals surface area contributed by atoms with Crippen LogP contribution < -0.4 is 10.6 Å². The van der Waals surface area contributed by atoms with Gasteiger partial charge in [-0.2, -0.15) is 0 Å². The summed E-state index contributed by atoms with van der Waals surface area (Å²) in [7, 11) is 0. The minimum Gasteiger partial charge on any atom is -0.381 e. The van der Waals surface area contributed by atoms with E-state index in [-0.39, 0.29) is 17.9 Å². The largest absolute Gasteiger partial charge is 0.381 e. The summed E-state index contributed by atoms with van der Waals surface area (Å²) in [6.45, 7) is 3.51. The number of halogens is 2. The number of benzene rings is 1. The van der Waals surface area contributed by atoms with Crippen molar-refractivity contribution in [2.75, 3.05) is 29.7 Å². The van der Waals surface area contributed by atoms with Crippen molar-refractivity contribution in [2.24, 2.45) is 0 Å². The van der Waals surface area contributed by atoms with Crippen molar-refractivity contribution in [2.45, 2.75) is 19.4 Å². The highest BCUT2D eigenvalue weighted by Gasteiger charge is 2.18. The summed E-state index contributed by atoms with van der Waals surface area (Å²) in [6.07, 6.45) is 1.33. The quantitative estimate of drug-likeness (QED) is 0.805. The van der Waals surface area contributed by atoms with Gasteiger partial charge < -0.3 is 15.4 Å². The molecule has 1 saturated heterocycles. The minimum atomic E-state index is -0.213. The lowest BCUT2D eigenvalue weighted by atomic mass is 10.1. The van der Waals surface area contributed by atoms with Crippen LogP contribution in [-0.4, -0.2) is 31.0 Å². The molecule has 0 bridgehead atoms. The standard InChI is InChI=1S/C13H16BrClN2O2/c1-8-4-9(14)5-11(13(8)17-12(18)6-15)16-7-10-2-3-19-10/h4-5,10,16H,2-3,6-7H2,1H3,(H,17,18). The molecule has 1 aromatic rings. The summed E-state index contributed by atoms with van der Waals surface area (Å²) < 4.78 is 6.34. The third-order valence-electron chi connectivity index (χ3n) is 3.00. The Hall–Kier alpha value is -0.780. The Kier molecular flexibility index (Phi) is 5.07. The topological polar surface area (TPSA) is 50.4 Å². The van der Waals surface area contributed by atoms with E-state index >= 15 is 0 Å². The molecule has 2 rings (SSSR count). The van der Waals surface area contributed by atoms with E-state index in [0.717, 1.165) is 41.0 Å². The first-order valence-corrected chi connectivity index (χ1v) is 7.44. The van der Waals surface area contributed by atoms with E-state index < -0.39 is 0 Å². The number of nitrogens with one attached hydrogen (secondary N) is 2. The summed E-state index contributed by atoms with van der Waals surface area (Å²) in [4.78, 5) is 11.5. The molecule has 1 atom stereocenters. The molecule has 1 aromatic carbocycles. The van der Waals surface area contributed by atoms with Gasteiger partial charge in [0.1, 0.15) is 5.88 Å². The summed E-state index contributed by atoms with van der Waals surface area (Å²) in [6, 6.07) is 3.89. The third kappa shape index (κ3) is 3.84. The molecule has 1 heterocycles. The number of aryl methyl sites for hydroxylation is 1. The number of carbonyl (C=O) groups is 1. The van der Waals surface area contributed by atoms with Crippen molar-refractivity contribution >= 4 is 44.8 Å². The van der Waals surface area contributed by atoms with Crippen molar-refractivity contribution in [1.82, 2.24) is 0 Å². The molecule has 0 spiro atoms. The fourth-order valence-corrected chi connectivity index (χ4v) is 2.53. The van der Waals surface area contributed by atoms with E-state index in [9.17, 15) is 4.79 Å². The molecule has 1 amide bonds. The van der Waals surface area contributed by atoms with Gasteiger partial charge in [-0.3, -0.25) is 4.79 Å². The third-order valence-corrected chi connectivity index (χ3v) is 3.70. The molecular weight excluding hydrogens is 332 g/mol. The van der Waals surface area contributed by atoms with Crippen molar-refractivity contribution in [1.29, 1.82) is 0 Å². The zero-order valence-electron chi connectivity index (χ0n) is 10.6. The lowest BCUT2D eigenvalue weighted by molar-refractivity contribution is -0.113. The second-order valence-electron chi connectivity index (χ2n) is 4.49. The highest BCUT2D eigenvalue weighted by Crippen LogP contribution is 2.30. The molecule has 0 radical (unpaired) electrons. The zero-order chi connectivity index (χ0) is 13.8. The van der Waals surface area contributed by atoms with E-state index in [2.05, 4.69) is 26.6 Å². The van der Waals surface area contributed by atoms with Gasteiger partial charge in [-0.1, -0.05) is 15.9 Å². The normalized spacial score (nSPS) is 17.7. The maximum Gasteiger partial charge on any atom is 0.239 e. The monoisotopic (exact) mass is 346 g/mol. The van der Waals surface area contributed by atoms with Crippen LogP contribution in [0.15, 0.2) is 16.6 Å². The zero-order valence-corrected chi connectivity index (χ0v) is 13.0. The summed E-state index contributed by atoms with van der Waals surface area (Å²) in [5.41, 5.74) is 2.62. The van der Waals surface area contributed by atoms with Crippen molar-refractivity contribution < 1.29 is 9.53 Å². The first kappa shape index (κ1) is 14.6. The Labute approximate surface area is 126 Å². The van der Waals surface area contributed by atoms with Crippen LogP contribution >= 0.6 is 27.5 Å². The maximum atomic E-state index is 11.5. The molecule has 1 fully saturated rings. The van der Waals surface area contributed by atoms with Gasteiger partial charge in [0.2, 0.25) is 5.91 Å². The smallest absolute Gasteiger partial charge is 0.239 e. The van der Waals surface area contributed by atoms with Crippen LogP contribution in [0.3, 0.4) is 0 Å². The van der Waals surface area contributed by atoms with Crippen LogP contribution in [0.2, 0.25) is 0 Å². The Balaban J connectivity index is 2.14. The molecule has 1 aliphatic rings. The van der Waals surface area contributed by atoms with Gasteiger partial charge in [0.25, 0.3) is 0 Å². The molecular formula is C13H16BrClN2O2. The Morgan fingerprint density at radius 1 is 1.58 bits per heavy atom. The van der Waals surface area contributed by atoms with E-state index in [0.29, 0.717) is 0 Å². The van der Waals surface area contributed by atoms with Gasteiger partial charge in [-0.05, 0) is 31.0 Å². The second-order valence-corrected chi connectivity index (χ2v) is 5.67. The number of rotatable bonds is 5. The SMILES string of the molecule is Cc1cc(Br)cc(NCC2CCO2)c1NC(=O)CCl. The number of hydrogen-bond acceptors (Lipinski definition) is 3. The van der Waals surface area contributed by atoms with Crippen LogP contribution in [0.5, 0.6) is 0 Å². The molecule has 0 saturated carbocycles. The first-order chi connectivity index (χ1) is 9.10.